The molecule has 0 saturated carbocycles. The van der Waals surface area contributed by atoms with Crippen LogP contribution in [0.2, 0.25) is 0 Å². The zero-order valence-electron chi connectivity index (χ0n) is 8.24. The summed E-state index contributed by atoms with van der Waals surface area (Å²) in [6, 6.07) is 0. The van der Waals surface area contributed by atoms with Gasteiger partial charge in [0.1, 0.15) is 6.42 Å². The maximum Gasteiger partial charge on any atom is 0.435 e. The van der Waals surface area contributed by atoms with Gasteiger partial charge in [-0.15, -0.1) is 0 Å². The van der Waals surface area contributed by atoms with Crippen LogP contribution >= 0.6 is 0 Å². The van der Waals surface area contributed by atoms with E-state index in [9.17, 15) is 52.7 Å². The highest BCUT2D eigenvalue weighted by Crippen LogP contribution is 2.54. The van der Waals surface area contributed by atoms with Crippen LogP contribution in [0, 0.1) is 0 Å². The first-order valence-corrected chi connectivity index (χ1v) is 3.97. The normalized spacial score (nSPS) is 17.1. The van der Waals surface area contributed by atoms with Crippen LogP contribution in [0.3, 0.4) is 0 Å². The first-order valence-electron chi connectivity index (χ1n) is 3.97. The van der Waals surface area contributed by atoms with Crippen molar-refractivity contribution in [1.82, 2.24) is 0 Å². The van der Waals surface area contributed by atoms with Crippen LogP contribution in [0.15, 0.2) is 11.9 Å². The van der Waals surface area contributed by atoms with Crippen molar-refractivity contribution in [2.45, 2.75) is 30.4 Å². The molecule has 0 aliphatic rings. The highest BCUT2D eigenvalue weighted by atomic mass is 19.4. The van der Waals surface area contributed by atoms with Crippen LogP contribution in [-0.4, -0.2) is 23.9 Å². The number of allylic oxidation sites excluding steroid dienone is 1. The first kappa shape index (κ1) is 17.9. The van der Waals surface area contributed by atoms with Crippen LogP contribution in [0.4, 0.5) is 52.7 Å². The van der Waals surface area contributed by atoms with Crippen molar-refractivity contribution in [3.8, 4) is 0 Å². The molecule has 19 heavy (non-hydrogen) atoms. The Bertz CT molecular complexity index is 355. The van der Waals surface area contributed by atoms with Gasteiger partial charge in [0.05, 0.1) is 0 Å². The number of hydrogen-bond acceptors (Lipinski definition) is 0. The van der Waals surface area contributed by atoms with Gasteiger partial charge in [-0.2, -0.15) is 35.1 Å². The summed E-state index contributed by atoms with van der Waals surface area (Å²) in [5.74, 6) is -10.8. The monoisotopic (exact) mass is 314 g/mol. The summed E-state index contributed by atoms with van der Waals surface area (Å²) in [4.78, 5) is 0. The molecule has 0 heterocycles. The number of halogens is 12. The van der Waals surface area contributed by atoms with Crippen molar-refractivity contribution < 1.29 is 52.7 Å². The fourth-order valence-electron chi connectivity index (χ4n) is 0.996. The van der Waals surface area contributed by atoms with Crippen molar-refractivity contribution in [3.05, 3.63) is 11.9 Å². The van der Waals surface area contributed by atoms with Gasteiger partial charge in [0.15, 0.2) is 0 Å². The molecule has 1 unspecified atom stereocenters. The summed E-state index contributed by atoms with van der Waals surface area (Å²) < 4.78 is 144. The first-order chi connectivity index (χ1) is 8.06. The molecule has 0 fully saturated rings. The van der Waals surface area contributed by atoms with E-state index in [0.717, 1.165) is 0 Å². The Balaban J connectivity index is 5.98. The fraction of sp³-hybridized carbons (Fsp3) is 0.714. The molecule has 0 aliphatic carbocycles. The standard InChI is InChI=1S/C7H2F12/c8-2(3(9)10)6(16,7(17,18)19)4(11,12)1-5(13,14)15/h1H2. The van der Waals surface area contributed by atoms with E-state index in [1.165, 1.54) is 0 Å². The third kappa shape index (κ3) is 3.47. The molecule has 0 amide bonds. The Morgan fingerprint density at radius 1 is 0.684 bits per heavy atom. The quantitative estimate of drug-likeness (QED) is 0.649. The van der Waals surface area contributed by atoms with Crippen molar-refractivity contribution >= 4 is 0 Å². The van der Waals surface area contributed by atoms with Gasteiger partial charge in [0, 0.05) is 0 Å². The van der Waals surface area contributed by atoms with Gasteiger partial charge < -0.3 is 0 Å². The van der Waals surface area contributed by atoms with E-state index in [-0.39, 0.29) is 0 Å². The molecule has 0 rings (SSSR count). The fourth-order valence-corrected chi connectivity index (χ4v) is 0.996. The average Bonchev–Trinajstić information content (AvgIpc) is 2.08. The van der Waals surface area contributed by atoms with E-state index in [2.05, 4.69) is 0 Å². The molecule has 0 N–H and O–H groups in total. The van der Waals surface area contributed by atoms with E-state index < -0.39 is 42.3 Å². The maximum absolute atomic E-state index is 13.0. The summed E-state index contributed by atoms with van der Waals surface area (Å²) in [7, 11) is 0. The number of rotatable bonds is 3. The molecule has 0 nitrogen and oxygen atoms in total. The molecule has 0 spiro atoms. The highest BCUT2D eigenvalue weighted by Gasteiger charge is 2.76. The number of alkyl halides is 9. The minimum absolute atomic E-state index is 3.77. The second-order valence-corrected chi connectivity index (χ2v) is 3.23. The predicted octanol–water partition coefficient (Wildman–Crippen LogP) is 4.92. The van der Waals surface area contributed by atoms with Gasteiger partial charge in [-0.1, -0.05) is 0 Å². The summed E-state index contributed by atoms with van der Waals surface area (Å²) >= 11 is 0. The molecule has 0 saturated heterocycles. The summed E-state index contributed by atoms with van der Waals surface area (Å²) in [6.07, 6.45) is -21.0. The van der Waals surface area contributed by atoms with E-state index in [0.29, 0.717) is 0 Å². The largest absolute Gasteiger partial charge is 0.435 e. The molecule has 0 aromatic heterocycles. The molecule has 0 aromatic carbocycles. The van der Waals surface area contributed by atoms with E-state index in [1.807, 2.05) is 0 Å². The molecule has 114 valence electrons. The highest BCUT2D eigenvalue weighted by molar-refractivity contribution is 5.20. The minimum Gasteiger partial charge on any atom is -0.219 e. The molecular formula is C7H2F12. The SMILES string of the molecule is FC(F)=C(F)C(F)(C(F)(F)F)C(F)(F)CC(F)(F)F. The zero-order valence-corrected chi connectivity index (χ0v) is 8.24. The van der Waals surface area contributed by atoms with Crippen LogP contribution in [0.25, 0.3) is 0 Å². The Hall–Kier alpha value is -1.10. The van der Waals surface area contributed by atoms with Crippen molar-refractivity contribution in [2.24, 2.45) is 0 Å². The molecule has 12 heteroatoms. The predicted molar refractivity (Wildman–Crippen MR) is 35.9 cm³/mol. The van der Waals surface area contributed by atoms with Gasteiger partial charge in [0.25, 0.3) is 0 Å². The van der Waals surface area contributed by atoms with Gasteiger partial charge in [-0.05, 0) is 0 Å². The van der Waals surface area contributed by atoms with Gasteiger partial charge in [-0.25, -0.2) is 17.6 Å². The van der Waals surface area contributed by atoms with Crippen LogP contribution in [0.1, 0.15) is 6.42 Å². The van der Waals surface area contributed by atoms with E-state index >= 15 is 0 Å². The lowest BCUT2D eigenvalue weighted by Gasteiger charge is -2.33. The molecule has 0 aromatic rings. The summed E-state index contributed by atoms with van der Waals surface area (Å²) in [5.41, 5.74) is -6.77. The van der Waals surface area contributed by atoms with E-state index in [4.69, 9.17) is 0 Å². The Labute approximate surface area is 96.2 Å². The van der Waals surface area contributed by atoms with Gasteiger partial charge in [-0.3, -0.25) is 0 Å². The van der Waals surface area contributed by atoms with Gasteiger partial charge >= 0.3 is 30.0 Å². The molecular weight excluding hydrogens is 312 g/mol. The summed E-state index contributed by atoms with van der Waals surface area (Å²) in [6.45, 7) is 0. The van der Waals surface area contributed by atoms with Gasteiger partial charge in [0.2, 0.25) is 5.83 Å². The second-order valence-electron chi connectivity index (χ2n) is 3.23. The molecule has 0 radical (unpaired) electrons. The van der Waals surface area contributed by atoms with Crippen LogP contribution in [-0.2, 0) is 0 Å². The lowest BCUT2D eigenvalue weighted by Crippen LogP contribution is -2.57. The molecule has 1 atom stereocenters. The Morgan fingerprint density at radius 3 is 1.26 bits per heavy atom. The average molecular weight is 314 g/mol. The topological polar surface area (TPSA) is 0 Å². The van der Waals surface area contributed by atoms with E-state index in [1.54, 1.807) is 0 Å². The lowest BCUT2D eigenvalue weighted by molar-refractivity contribution is -0.313. The molecule has 0 bridgehead atoms. The zero-order chi connectivity index (χ0) is 15.9. The third-order valence-corrected chi connectivity index (χ3v) is 1.79. The van der Waals surface area contributed by atoms with Crippen molar-refractivity contribution in [1.29, 1.82) is 0 Å². The Morgan fingerprint density at radius 2 is 1.05 bits per heavy atom. The van der Waals surface area contributed by atoms with Crippen LogP contribution in [0.5, 0.6) is 0 Å². The van der Waals surface area contributed by atoms with Crippen LogP contribution < -0.4 is 0 Å². The number of hydrogen-bond donors (Lipinski definition) is 0. The third-order valence-electron chi connectivity index (χ3n) is 1.79. The lowest BCUT2D eigenvalue weighted by atomic mass is 9.92. The van der Waals surface area contributed by atoms with Crippen molar-refractivity contribution in [3.63, 3.8) is 0 Å². The molecule has 0 aliphatic heterocycles. The minimum atomic E-state index is -7.02. The summed E-state index contributed by atoms with van der Waals surface area (Å²) in [5, 5.41) is 0. The maximum atomic E-state index is 13.0. The smallest absolute Gasteiger partial charge is 0.219 e. The second kappa shape index (κ2) is 4.78. The van der Waals surface area contributed by atoms with Crippen molar-refractivity contribution in [2.75, 3.05) is 0 Å². The Kier molecular flexibility index (Phi) is 4.50.